The minimum atomic E-state index is -0.173. The number of H-pyrrole nitrogens is 1. The highest BCUT2D eigenvalue weighted by molar-refractivity contribution is 7.16. The van der Waals surface area contributed by atoms with Gasteiger partial charge in [-0.25, -0.2) is 0 Å². The van der Waals surface area contributed by atoms with Crippen LogP contribution >= 0.6 is 22.9 Å². The van der Waals surface area contributed by atoms with Crippen molar-refractivity contribution in [3.8, 4) is 0 Å². The lowest BCUT2D eigenvalue weighted by molar-refractivity contribution is 0.0935. The molecule has 0 aliphatic rings. The standard InChI is InChI=1S/C14H18ClN3OS/c1-8(2)6-10-7-11(18-17-10)14(19)16-9(3)12-4-5-13(15)20-12/h4-5,7-9H,6H2,1-3H3,(H,16,19)(H,17,18). The van der Waals surface area contributed by atoms with Gasteiger partial charge in [-0.3, -0.25) is 9.89 Å². The molecule has 20 heavy (non-hydrogen) atoms. The van der Waals surface area contributed by atoms with E-state index in [1.807, 2.05) is 25.1 Å². The van der Waals surface area contributed by atoms with E-state index < -0.39 is 0 Å². The summed E-state index contributed by atoms with van der Waals surface area (Å²) in [6, 6.07) is 5.49. The summed E-state index contributed by atoms with van der Waals surface area (Å²) in [5, 5.41) is 9.89. The summed E-state index contributed by atoms with van der Waals surface area (Å²) in [5.74, 6) is 0.354. The molecule has 6 heteroatoms. The highest BCUT2D eigenvalue weighted by Gasteiger charge is 2.15. The predicted molar refractivity (Wildman–Crippen MR) is 82.3 cm³/mol. The first-order chi connectivity index (χ1) is 9.45. The monoisotopic (exact) mass is 311 g/mol. The average molecular weight is 312 g/mol. The van der Waals surface area contributed by atoms with Gasteiger partial charge in [0.25, 0.3) is 5.91 Å². The summed E-state index contributed by atoms with van der Waals surface area (Å²) in [4.78, 5) is 13.1. The van der Waals surface area contributed by atoms with E-state index in [4.69, 9.17) is 11.6 Å². The van der Waals surface area contributed by atoms with E-state index in [1.165, 1.54) is 11.3 Å². The van der Waals surface area contributed by atoms with Crippen LogP contribution in [0.1, 0.15) is 47.9 Å². The van der Waals surface area contributed by atoms with Gasteiger partial charge in [-0.2, -0.15) is 5.10 Å². The van der Waals surface area contributed by atoms with E-state index in [1.54, 1.807) is 0 Å². The molecule has 0 aliphatic carbocycles. The van der Waals surface area contributed by atoms with E-state index in [0.717, 1.165) is 21.3 Å². The smallest absolute Gasteiger partial charge is 0.272 e. The summed E-state index contributed by atoms with van der Waals surface area (Å²) in [7, 11) is 0. The van der Waals surface area contributed by atoms with Gasteiger partial charge in [-0.15, -0.1) is 11.3 Å². The van der Waals surface area contributed by atoms with Gasteiger partial charge >= 0.3 is 0 Å². The van der Waals surface area contributed by atoms with Crippen molar-refractivity contribution in [1.29, 1.82) is 0 Å². The fourth-order valence-corrected chi connectivity index (χ4v) is 2.99. The number of rotatable bonds is 5. The number of nitrogens with one attached hydrogen (secondary N) is 2. The Morgan fingerprint density at radius 2 is 2.20 bits per heavy atom. The third-order valence-electron chi connectivity index (χ3n) is 2.86. The van der Waals surface area contributed by atoms with Crippen LogP contribution in [0.4, 0.5) is 0 Å². The number of thiophene rings is 1. The third kappa shape index (κ3) is 3.84. The zero-order valence-corrected chi connectivity index (χ0v) is 13.3. The topological polar surface area (TPSA) is 57.8 Å². The summed E-state index contributed by atoms with van der Waals surface area (Å²) < 4.78 is 0.722. The first kappa shape index (κ1) is 15.1. The number of hydrogen-bond acceptors (Lipinski definition) is 3. The van der Waals surface area contributed by atoms with Crippen molar-refractivity contribution in [3.63, 3.8) is 0 Å². The van der Waals surface area contributed by atoms with Crippen LogP contribution in [0.2, 0.25) is 4.34 Å². The quantitative estimate of drug-likeness (QED) is 0.882. The first-order valence-corrected chi connectivity index (χ1v) is 7.75. The third-order valence-corrected chi connectivity index (χ3v) is 4.27. The number of carbonyl (C=O) groups excluding carboxylic acids is 1. The molecule has 1 atom stereocenters. The van der Waals surface area contributed by atoms with E-state index in [0.29, 0.717) is 11.6 Å². The van der Waals surface area contributed by atoms with Crippen LogP contribution in [0.5, 0.6) is 0 Å². The number of halogens is 1. The van der Waals surface area contributed by atoms with E-state index in [9.17, 15) is 4.79 Å². The Hall–Kier alpha value is -1.33. The second-order valence-electron chi connectivity index (χ2n) is 5.21. The largest absolute Gasteiger partial charge is 0.343 e. The van der Waals surface area contributed by atoms with Gasteiger partial charge in [0.1, 0.15) is 5.69 Å². The lowest BCUT2D eigenvalue weighted by atomic mass is 10.1. The van der Waals surface area contributed by atoms with Crippen LogP contribution in [0, 0.1) is 5.92 Å². The Labute approximate surface area is 127 Å². The van der Waals surface area contributed by atoms with Crippen LogP contribution in [0.3, 0.4) is 0 Å². The average Bonchev–Trinajstić information content (AvgIpc) is 2.97. The van der Waals surface area contributed by atoms with E-state index in [-0.39, 0.29) is 11.9 Å². The SMILES string of the molecule is CC(C)Cc1cc(C(=O)NC(C)c2ccc(Cl)s2)n[nH]1. The molecule has 0 bridgehead atoms. The lowest BCUT2D eigenvalue weighted by Gasteiger charge is -2.10. The van der Waals surface area contributed by atoms with Gasteiger partial charge in [-0.1, -0.05) is 25.4 Å². The van der Waals surface area contributed by atoms with Gasteiger partial charge in [0.2, 0.25) is 0 Å². The Morgan fingerprint density at radius 3 is 2.80 bits per heavy atom. The fourth-order valence-electron chi connectivity index (χ4n) is 1.93. The molecular formula is C14H18ClN3OS. The van der Waals surface area contributed by atoms with Crippen LogP contribution in [-0.4, -0.2) is 16.1 Å². The maximum Gasteiger partial charge on any atom is 0.272 e. The van der Waals surface area contributed by atoms with Crippen molar-refractivity contribution >= 4 is 28.8 Å². The number of aromatic nitrogens is 2. The zero-order chi connectivity index (χ0) is 14.7. The molecule has 0 aromatic carbocycles. The molecule has 108 valence electrons. The number of hydrogen-bond donors (Lipinski definition) is 2. The Kier molecular flexibility index (Phi) is 4.83. The Balaban J connectivity index is 1.99. The molecule has 2 heterocycles. The highest BCUT2D eigenvalue weighted by atomic mass is 35.5. The molecule has 1 amide bonds. The summed E-state index contributed by atoms with van der Waals surface area (Å²) in [6.07, 6.45) is 0.885. The van der Waals surface area contributed by atoms with Gasteiger partial charge in [0, 0.05) is 10.6 Å². The van der Waals surface area contributed by atoms with Crippen molar-refractivity contribution < 1.29 is 4.79 Å². The molecule has 0 saturated heterocycles. The van der Waals surface area contributed by atoms with E-state index >= 15 is 0 Å². The molecule has 0 aliphatic heterocycles. The maximum atomic E-state index is 12.1. The zero-order valence-electron chi connectivity index (χ0n) is 11.7. The summed E-state index contributed by atoms with van der Waals surface area (Å²) >= 11 is 7.37. The summed E-state index contributed by atoms with van der Waals surface area (Å²) in [5.41, 5.74) is 1.41. The predicted octanol–water partition coefficient (Wildman–Crippen LogP) is 3.81. The van der Waals surface area contributed by atoms with Crippen LogP contribution in [0.15, 0.2) is 18.2 Å². The normalized spacial score (nSPS) is 12.7. The number of nitrogens with zero attached hydrogens (tertiary/aromatic N) is 1. The Morgan fingerprint density at radius 1 is 1.45 bits per heavy atom. The van der Waals surface area contributed by atoms with E-state index in [2.05, 4.69) is 29.4 Å². The van der Waals surface area contributed by atoms with Crippen LogP contribution < -0.4 is 5.32 Å². The number of carbonyl (C=O) groups is 1. The molecule has 2 N–H and O–H groups in total. The molecule has 1 unspecified atom stereocenters. The number of amides is 1. The fraction of sp³-hybridized carbons (Fsp3) is 0.429. The Bertz CT molecular complexity index is 591. The van der Waals surface area contributed by atoms with Crippen molar-refractivity contribution in [2.45, 2.75) is 33.2 Å². The molecule has 2 aromatic rings. The second kappa shape index (κ2) is 6.41. The molecular weight excluding hydrogens is 294 g/mol. The van der Waals surface area contributed by atoms with Gasteiger partial charge in [0.05, 0.1) is 10.4 Å². The number of aromatic amines is 1. The van der Waals surface area contributed by atoms with Gasteiger partial charge < -0.3 is 5.32 Å². The van der Waals surface area contributed by atoms with Gasteiger partial charge in [0.15, 0.2) is 0 Å². The van der Waals surface area contributed by atoms with Crippen molar-refractivity contribution in [1.82, 2.24) is 15.5 Å². The minimum Gasteiger partial charge on any atom is -0.343 e. The van der Waals surface area contributed by atoms with Crippen LogP contribution in [-0.2, 0) is 6.42 Å². The summed E-state index contributed by atoms with van der Waals surface area (Å²) in [6.45, 7) is 6.19. The van der Waals surface area contributed by atoms with Gasteiger partial charge in [-0.05, 0) is 37.5 Å². The van der Waals surface area contributed by atoms with Crippen molar-refractivity contribution in [3.05, 3.63) is 38.8 Å². The molecule has 4 nitrogen and oxygen atoms in total. The second-order valence-corrected chi connectivity index (χ2v) is 6.96. The molecule has 0 radical (unpaired) electrons. The molecule has 0 spiro atoms. The minimum absolute atomic E-state index is 0.0785. The lowest BCUT2D eigenvalue weighted by Crippen LogP contribution is -2.26. The van der Waals surface area contributed by atoms with Crippen LogP contribution in [0.25, 0.3) is 0 Å². The molecule has 0 fully saturated rings. The molecule has 2 aromatic heterocycles. The van der Waals surface area contributed by atoms with Crippen molar-refractivity contribution in [2.75, 3.05) is 0 Å². The molecule has 0 saturated carbocycles. The maximum absolute atomic E-state index is 12.1. The molecule has 2 rings (SSSR count). The highest BCUT2D eigenvalue weighted by Crippen LogP contribution is 2.26. The first-order valence-electron chi connectivity index (χ1n) is 6.56. The van der Waals surface area contributed by atoms with Crippen molar-refractivity contribution in [2.24, 2.45) is 5.92 Å².